The predicted molar refractivity (Wildman–Crippen MR) is 52.5 cm³/mol. The molecule has 0 spiro atoms. The van der Waals surface area contributed by atoms with Crippen molar-refractivity contribution in [2.45, 2.75) is 13.1 Å². The molecule has 1 N–H and O–H groups in total. The van der Waals surface area contributed by atoms with Crippen molar-refractivity contribution in [3.63, 3.8) is 0 Å². The van der Waals surface area contributed by atoms with Crippen LogP contribution in [0, 0.1) is 0 Å². The second kappa shape index (κ2) is 4.18. The first-order valence-electron chi connectivity index (χ1n) is 4.64. The fourth-order valence-corrected chi connectivity index (χ4v) is 1.22. The lowest BCUT2D eigenvalue weighted by Gasteiger charge is -2.03. The van der Waals surface area contributed by atoms with Crippen LogP contribution in [-0.2, 0) is 27.2 Å². The summed E-state index contributed by atoms with van der Waals surface area (Å²) in [5.41, 5.74) is 0. The minimum atomic E-state index is 0.670. The molecule has 0 aromatic carbocycles. The van der Waals surface area contributed by atoms with Crippen LogP contribution in [0.3, 0.4) is 0 Å². The molecule has 80 valence electrons. The smallest absolute Gasteiger partial charge is 0.146 e. The first kappa shape index (κ1) is 9.78. The minimum absolute atomic E-state index is 0.670. The first-order chi connectivity index (χ1) is 7.27. The molecule has 0 aliphatic carbocycles. The van der Waals surface area contributed by atoms with E-state index in [0.29, 0.717) is 13.1 Å². The summed E-state index contributed by atoms with van der Waals surface area (Å²) in [6.45, 7) is 1.34. The van der Waals surface area contributed by atoms with Gasteiger partial charge in [-0.1, -0.05) is 0 Å². The number of nitrogens with one attached hydrogen (secondary N) is 1. The second-order valence-corrected chi connectivity index (χ2v) is 3.32. The van der Waals surface area contributed by atoms with E-state index in [1.807, 2.05) is 23.2 Å². The largest absolute Gasteiger partial charge is 0.320 e. The average molecular weight is 207 g/mol. The summed E-state index contributed by atoms with van der Waals surface area (Å²) in [4.78, 5) is 0. The summed E-state index contributed by atoms with van der Waals surface area (Å²) in [6, 6.07) is 0. The van der Waals surface area contributed by atoms with Gasteiger partial charge in [0, 0.05) is 14.1 Å². The van der Waals surface area contributed by atoms with Gasteiger partial charge in [-0.2, -0.15) is 0 Å². The van der Waals surface area contributed by atoms with Crippen LogP contribution in [0.4, 0.5) is 0 Å². The topological polar surface area (TPSA) is 73.5 Å². The third-order valence-corrected chi connectivity index (χ3v) is 2.18. The molecule has 0 amide bonds. The Bertz CT molecular complexity index is 389. The Morgan fingerprint density at radius 3 is 1.80 bits per heavy atom. The molecule has 0 atom stereocenters. The van der Waals surface area contributed by atoms with E-state index in [1.165, 1.54) is 0 Å². The number of aryl methyl sites for hydroxylation is 2. The summed E-state index contributed by atoms with van der Waals surface area (Å²) in [7, 11) is 3.83. The van der Waals surface area contributed by atoms with E-state index in [4.69, 9.17) is 0 Å². The molecule has 0 fully saturated rings. The molecular formula is C8H13N7. The highest BCUT2D eigenvalue weighted by Gasteiger charge is 2.02. The molecule has 2 aromatic rings. The lowest BCUT2D eigenvalue weighted by molar-refractivity contribution is 0.603. The number of rotatable bonds is 4. The van der Waals surface area contributed by atoms with E-state index >= 15 is 0 Å². The zero-order chi connectivity index (χ0) is 10.7. The van der Waals surface area contributed by atoms with E-state index < -0.39 is 0 Å². The maximum Gasteiger partial charge on any atom is 0.146 e. The minimum Gasteiger partial charge on any atom is -0.320 e. The van der Waals surface area contributed by atoms with Crippen molar-refractivity contribution >= 4 is 0 Å². The lowest BCUT2D eigenvalue weighted by atomic mass is 10.5. The Hall–Kier alpha value is -1.76. The van der Waals surface area contributed by atoms with Gasteiger partial charge in [0.1, 0.15) is 24.3 Å². The Balaban J connectivity index is 1.86. The highest BCUT2D eigenvalue weighted by Crippen LogP contribution is 1.93. The van der Waals surface area contributed by atoms with Crippen molar-refractivity contribution in [1.29, 1.82) is 0 Å². The third-order valence-electron chi connectivity index (χ3n) is 2.18. The number of aromatic nitrogens is 6. The lowest BCUT2D eigenvalue weighted by Crippen LogP contribution is -2.18. The second-order valence-electron chi connectivity index (χ2n) is 3.32. The van der Waals surface area contributed by atoms with Gasteiger partial charge < -0.3 is 14.5 Å². The van der Waals surface area contributed by atoms with Gasteiger partial charge in [-0.05, 0) is 0 Å². The Labute approximate surface area is 87.2 Å². The highest BCUT2D eigenvalue weighted by atomic mass is 15.3. The summed E-state index contributed by atoms with van der Waals surface area (Å²) in [5, 5.41) is 18.7. The SMILES string of the molecule is Cn1cnnc1CNCc1nncn1C. The number of nitrogens with zero attached hydrogens (tertiary/aromatic N) is 6. The van der Waals surface area contributed by atoms with Crippen molar-refractivity contribution in [3.8, 4) is 0 Å². The third kappa shape index (κ3) is 2.18. The van der Waals surface area contributed by atoms with Gasteiger partial charge in [0.25, 0.3) is 0 Å². The van der Waals surface area contributed by atoms with Crippen molar-refractivity contribution < 1.29 is 0 Å². The molecule has 2 heterocycles. The molecule has 0 bridgehead atoms. The molecule has 15 heavy (non-hydrogen) atoms. The van der Waals surface area contributed by atoms with Crippen LogP contribution in [0.1, 0.15) is 11.6 Å². The fourth-order valence-electron chi connectivity index (χ4n) is 1.22. The zero-order valence-electron chi connectivity index (χ0n) is 8.75. The van der Waals surface area contributed by atoms with Gasteiger partial charge in [0.15, 0.2) is 0 Å². The average Bonchev–Trinajstić information content (AvgIpc) is 2.78. The standard InChI is InChI=1S/C8H13N7/c1-14-5-10-12-7(14)3-9-4-8-13-11-6-15(8)2/h5-6,9H,3-4H2,1-2H3. The van der Waals surface area contributed by atoms with Gasteiger partial charge in [0.05, 0.1) is 13.1 Å². The fraction of sp³-hybridized carbons (Fsp3) is 0.500. The molecule has 7 heteroatoms. The van der Waals surface area contributed by atoms with Crippen LogP contribution < -0.4 is 5.32 Å². The maximum atomic E-state index is 3.96. The molecule has 0 saturated heterocycles. The molecule has 2 rings (SSSR count). The molecule has 2 aromatic heterocycles. The van der Waals surface area contributed by atoms with Crippen LogP contribution in [0.15, 0.2) is 12.7 Å². The van der Waals surface area contributed by atoms with Crippen molar-refractivity contribution in [3.05, 3.63) is 24.3 Å². The van der Waals surface area contributed by atoms with E-state index in [2.05, 4.69) is 25.7 Å². The van der Waals surface area contributed by atoms with Gasteiger partial charge in [-0.25, -0.2) is 0 Å². The van der Waals surface area contributed by atoms with E-state index in [-0.39, 0.29) is 0 Å². The Morgan fingerprint density at radius 2 is 1.47 bits per heavy atom. The van der Waals surface area contributed by atoms with Gasteiger partial charge in [-0.15, -0.1) is 20.4 Å². The van der Waals surface area contributed by atoms with Crippen LogP contribution >= 0.6 is 0 Å². The molecule has 0 unspecified atom stereocenters. The predicted octanol–water partition coefficient (Wildman–Crippen LogP) is -0.767. The molecule has 0 aliphatic heterocycles. The normalized spacial score (nSPS) is 10.8. The quantitative estimate of drug-likeness (QED) is 0.713. The zero-order valence-corrected chi connectivity index (χ0v) is 8.75. The van der Waals surface area contributed by atoms with Crippen LogP contribution in [0.5, 0.6) is 0 Å². The molecule has 0 aliphatic rings. The van der Waals surface area contributed by atoms with Crippen molar-refractivity contribution in [2.75, 3.05) is 0 Å². The number of hydrogen-bond acceptors (Lipinski definition) is 5. The first-order valence-corrected chi connectivity index (χ1v) is 4.64. The van der Waals surface area contributed by atoms with Crippen LogP contribution in [0.25, 0.3) is 0 Å². The monoisotopic (exact) mass is 207 g/mol. The van der Waals surface area contributed by atoms with Crippen LogP contribution in [0.2, 0.25) is 0 Å². The van der Waals surface area contributed by atoms with E-state index in [1.54, 1.807) is 12.7 Å². The van der Waals surface area contributed by atoms with Crippen molar-refractivity contribution in [2.24, 2.45) is 14.1 Å². The highest BCUT2D eigenvalue weighted by molar-refractivity contribution is 4.87. The van der Waals surface area contributed by atoms with Gasteiger partial charge >= 0.3 is 0 Å². The molecule has 0 radical (unpaired) electrons. The Kier molecular flexibility index (Phi) is 2.72. The van der Waals surface area contributed by atoms with Gasteiger partial charge in [0.2, 0.25) is 0 Å². The summed E-state index contributed by atoms with van der Waals surface area (Å²) < 4.78 is 3.76. The Morgan fingerprint density at radius 1 is 1.00 bits per heavy atom. The van der Waals surface area contributed by atoms with E-state index in [9.17, 15) is 0 Å². The van der Waals surface area contributed by atoms with E-state index in [0.717, 1.165) is 11.6 Å². The molecule has 0 saturated carbocycles. The summed E-state index contributed by atoms with van der Waals surface area (Å²) >= 11 is 0. The molecular weight excluding hydrogens is 194 g/mol. The maximum absolute atomic E-state index is 3.96. The summed E-state index contributed by atoms with van der Waals surface area (Å²) in [5.74, 6) is 1.80. The van der Waals surface area contributed by atoms with Crippen LogP contribution in [-0.4, -0.2) is 29.5 Å². The van der Waals surface area contributed by atoms with Gasteiger partial charge in [-0.3, -0.25) is 0 Å². The van der Waals surface area contributed by atoms with Crippen molar-refractivity contribution in [1.82, 2.24) is 34.8 Å². The number of hydrogen-bond donors (Lipinski definition) is 1. The molecule has 7 nitrogen and oxygen atoms in total. The summed E-state index contributed by atoms with van der Waals surface area (Å²) in [6.07, 6.45) is 3.36.